The minimum atomic E-state index is -5.19. The summed E-state index contributed by atoms with van der Waals surface area (Å²) in [5.41, 5.74) is -2.70. The lowest BCUT2D eigenvalue weighted by Gasteiger charge is -2.17. The normalized spacial score (nSPS) is 13.9. The summed E-state index contributed by atoms with van der Waals surface area (Å²) in [5.74, 6) is -1.84. The second kappa shape index (κ2) is 5.59. The Hall–Kier alpha value is -1.34. The van der Waals surface area contributed by atoms with Gasteiger partial charge in [-0.25, -0.2) is 8.96 Å². The van der Waals surface area contributed by atoms with Crippen LogP contribution in [0.2, 0.25) is 0 Å². The van der Waals surface area contributed by atoms with Crippen LogP contribution in [-0.2, 0) is 22.6 Å². The Bertz CT molecular complexity index is 901. The molecule has 0 radical (unpaired) electrons. The van der Waals surface area contributed by atoms with Gasteiger partial charge in [-0.05, 0) is 12.1 Å². The first-order valence-electron chi connectivity index (χ1n) is 5.96. The second-order valence-corrected chi connectivity index (χ2v) is 7.65. The molecule has 2 aromatic rings. The molecule has 0 aliphatic heterocycles. The molecule has 0 aliphatic rings. The third kappa shape index (κ3) is 3.11. The first-order valence-corrected chi connectivity index (χ1v) is 8.15. The number of imidazole rings is 1. The molecule has 1 heterocycles. The molecular weight excluding hydrogens is 432 g/mol. The van der Waals surface area contributed by atoms with Crippen LogP contribution in [0.25, 0.3) is 11.0 Å². The predicted octanol–water partition coefficient (Wildman–Crippen LogP) is 3.49. The van der Waals surface area contributed by atoms with E-state index in [2.05, 4.69) is 20.9 Å². The third-order valence-corrected chi connectivity index (χ3v) is 5.36. The fourth-order valence-electron chi connectivity index (χ4n) is 1.87. The van der Waals surface area contributed by atoms with Gasteiger partial charge < -0.3 is 0 Å². The van der Waals surface area contributed by atoms with Crippen LogP contribution in [0.5, 0.6) is 0 Å². The van der Waals surface area contributed by atoms with Gasteiger partial charge in [-0.15, -0.1) is 0 Å². The lowest BCUT2D eigenvalue weighted by molar-refractivity contribution is -0.145. The van der Waals surface area contributed by atoms with Gasteiger partial charge in [0.25, 0.3) is 0 Å². The van der Waals surface area contributed by atoms with Crippen molar-refractivity contribution in [2.45, 2.75) is 12.4 Å². The number of fused-ring (bicyclic) bond motifs is 1. The molecule has 0 unspecified atom stereocenters. The standard InChI is InChI=1S/C11H8BrF6N3O2S/c1-20(2)24(22,23)21-8-3-5(10(13,14)15)6(12)4-7(8)19-9(21)11(16,17)18/h3-4H,1-2H3. The molecule has 2 rings (SSSR count). The number of benzene rings is 1. The highest BCUT2D eigenvalue weighted by Crippen LogP contribution is 2.39. The van der Waals surface area contributed by atoms with Crippen molar-refractivity contribution < 1.29 is 34.8 Å². The number of nitrogens with zero attached hydrogens (tertiary/aromatic N) is 3. The maximum absolute atomic E-state index is 13.1. The Morgan fingerprint density at radius 2 is 1.62 bits per heavy atom. The molecular formula is C11H8BrF6N3O2S. The zero-order valence-corrected chi connectivity index (χ0v) is 14.3. The number of rotatable bonds is 2. The van der Waals surface area contributed by atoms with Crippen LogP contribution >= 0.6 is 15.9 Å². The van der Waals surface area contributed by atoms with E-state index in [1.807, 2.05) is 0 Å². The van der Waals surface area contributed by atoms with E-state index in [0.29, 0.717) is 16.4 Å². The molecule has 13 heteroatoms. The molecule has 0 fully saturated rings. The second-order valence-electron chi connectivity index (χ2n) is 4.81. The first-order chi connectivity index (χ1) is 10.7. The minimum Gasteiger partial charge on any atom is -0.223 e. The molecule has 0 bridgehead atoms. The first kappa shape index (κ1) is 19.0. The maximum atomic E-state index is 13.1. The maximum Gasteiger partial charge on any atom is 0.450 e. The van der Waals surface area contributed by atoms with Gasteiger partial charge in [-0.3, -0.25) is 0 Å². The van der Waals surface area contributed by atoms with E-state index < -0.39 is 49.5 Å². The van der Waals surface area contributed by atoms with Crippen LogP contribution in [-0.4, -0.2) is 35.8 Å². The molecule has 1 aromatic carbocycles. The van der Waals surface area contributed by atoms with E-state index >= 15 is 0 Å². The summed E-state index contributed by atoms with van der Waals surface area (Å²) >= 11 is 2.61. The monoisotopic (exact) mass is 439 g/mol. The molecule has 1 aromatic heterocycles. The highest BCUT2D eigenvalue weighted by atomic mass is 79.9. The lowest BCUT2D eigenvalue weighted by Crippen LogP contribution is -2.32. The smallest absolute Gasteiger partial charge is 0.223 e. The SMILES string of the molecule is CN(C)S(=O)(=O)n1c(C(F)(F)F)nc2cc(Br)c(C(F)(F)F)cc21. The highest BCUT2D eigenvalue weighted by molar-refractivity contribution is 9.10. The summed E-state index contributed by atoms with van der Waals surface area (Å²) in [5, 5.41) is 0. The van der Waals surface area contributed by atoms with Crippen molar-refractivity contribution in [3.8, 4) is 0 Å². The number of halogens is 7. The largest absolute Gasteiger partial charge is 0.450 e. The van der Waals surface area contributed by atoms with Crippen molar-refractivity contribution in [3.05, 3.63) is 28.0 Å². The van der Waals surface area contributed by atoms with Crippen LogP contribution in [0.15, 0.2) is 16.6 Å². The van der Waals surface area contributed by atoms with E-state index in [4.69, 9.17) is 0 Å². The van der Waals surface area contributed by atoms with E-state index in [0.717, 1.165) is 14.1 Å². The van der Waals surface area contributed by atoms with Gasteiger partial charge in [-0.2, -0.15) is 39.1 Å². The summed E-state index contributed by atoms with van der Waals surface area (Å²) in [6, 6.07) is 0.998. The Labute approximate surface area is 140 Å². The average Bonchev–Trinajstić information content (AvgIpc) is 2.74. The van der Waals surface area contributed by atoms with E-state index in [1.54, 1.807) is 0 Å². The van der Waals surface area contributed by atoms with Crippen molar-refractivity contribution in [2.75, 3.05) is 14.1 Å². The topological polar surface area (TPSA) is 55.2 Å². The van der Waals surface area contributed by atoms with E-state index in [-0.39, 0.29) is 3.97 Å². The summed E-state index contributed by atoms with van der Waals surface area (Å²) in [7, 11) is -2.87. The van der Waals surface area contributed by atoms with Gasteiger partial charge in [-0.1, -0.05) is 15.9 Å². The van der Waals surface area contributed by atoms with Crippen LogP contribution in [0.4, 0.5) is 26.3 Å². The van der Waals surface area contributed by atoms with Crippen molar-refractivity contribution >= 4 is 37.2 Å². The average molecular weight is 440 g/mol. The third-order valence-electron chi connectivity index (χ3n) is 2.95. The fraction of sp³-hybridized carbons (Fsp3) is 0.364. The van der Waals surface area contributed by atoms with Crippen LogP contribution in [0.1, 0.15) is 11.4 Å². The molecule has 5 nitrogen and oxygen atoms in total. The summed E-state index contributed by atoms with van der Waals surface area (Å²) < 4.78 is 102. The molecule has 134 valence electrons. The van der Waals surface area contributed by atoms with Crippen molar-refractivity contribution in [1.82, 2.24) is 13.3 Å². The zero-order chi connectivity index (χ0) is 18.7. The van der Waals surface area contributed by atoms with Crippen molar-refractivity contribution in [3.63, 3.8) is 0 Å². The Morgan fingerprint density at radius 3 is 2.04 bits per heavy atom. The number of hydrogen-bond donors (Lipinski definition) is 0. The molecule has 0 N–H and O–H groups in total. The Morgan fingerprint density at radius 1 is 1.08 bits per heavy atom. The van der Waals surface area contributed by atoms with Crippen LogP contribution in [0.3, 0.4) is 0 Å². The quantitative estimate of drug-likeness (QED) is 0.673. The predicted molar refractivity (Wildman–Crippen MR) is 75.4 cm³/mol. The minimum absolute atomic E-state index is 0.246. The lowest BCUT2D eigenvalue weighted by atomic mass is 10.2. The summed E-state index contributed by atoms with van der Waals surface area (Å²) in [6.07, 6.45) is -10.1. The van der Waals surface area contributed by atoms with Crippen molar-refractivity contribution in [2.24, 2.45) is 0 Å². The number of aromatic nitrogens is 2. The summed E-state index contributed by atoms with van der Waals surface area (Å²) in [6.45, 7) is 0. The van der Waals surface area contributed by atoms with Gasteiger partial charge in [0.05, 0.1) is 16.6 Å². The zero-order valence-electron chi connectivity index (χ0n) is 11.9. The fourth-order valence-corrected chi connectivity index (χ4v) is 3.51. The summed E-state index contributed by atoms with van der Waals surface area (Å²) in [4.78, 5) is 3.15. The van der Waals surface area contributed by atoms with Crippen LogP contribution in [0, 0.1) is 0 Å². The van der Waals surface area contributed by atoms with E-state index in [9.17, 15) is 34.8 Å². The molecule has 0 amide bonds. The molecule has 24 heavy (non-hydrogen) atoms. The molecule has 0 atom stereocenters. The highest BCUT2D eigenvalue weighted by Gasteiger charge is 2.43. The molecule has 0 saturated carbocycles. The van der Waals surface area contributed by atoms with Gasteiger partial charge >= 0.3 is 22.6 Å². The van der Waals surface area contributed by atoms with Crippen LogP contribution < -0.4 is 0 Å². The van der Waals surface area contributed by atoms with Gasteiger partial charge in [0, 0.05) is 18.6 Å². The number of alkyl halides is 6. The van der Waals surface area contributed by atoms with E-state index in [1.165, 1.54) is 0 Å². The Balaban J connectivity index is 3.01. The van der Waals surface area contributed by atoms with Crippen molar-refractivity contribution in [1.29, 1.82) is 0 Å². The Kier molecular flexibility index (Phi) is 4.43. The van der Waals surface area contributed by atoms with Gasteiger partial charge in [0.2, 0.25) is 5.82 Å². The van der Waals surface area contributed by atoms with Gasteiger partial charge in [0.1, 0.15) is 0 Å². The number of hydrogen-bond acceptors (Lipinski definition) is 3. The molecule has 0 saturated heterocycles. The molecule has 0 spiro atoms. The molecule has 0 aliphatic carbocycles. The van der Waals surface area contributed by atoms with Gasteiger partial charge in [0.15, 0.2) is 0 Å².